The van der Waals surface area contributed by atoms with Crippen LogP contribution in [0.15, 0.2) is 18.2 Å². The van der Waals surface area contributed by atoms with Crippen molar-refractivity contribution in [2.75, 3.05) is 0 Å². The van der Waals surface area contributed by atoms with Gasteiger partial charge in [-0.05, 0) is 85.8 Å². The maximum absolute atomic E-state index is 2.63. The molecule has 0 N–H and O–H groups in total. The van der Waals surface area contributed by atoms with E-state index in [9.17, 15) is 0 Å². The van der Waals surface area contributed by atoms with Crippen molar-refractivity contribution in [3.05, 3.63) is 34.9 Å². The second-order valence-corrected chi connectivity index (χ2v) is 14.3. The van der Waals surface area contributed by atoms with Gasteiger partial charge in [-0.3, -0.25) is 0 Å². The van der Waals surface area contributed by atoms with Gasteiger partial charge in [-0.25, -0.2) is 0 Å². The zero-order chi connectivity index (χ0) is 27.7. The first-order valence-electron chi connectivity index (χ1n) is 18.2. The molecule has 39 heavy (non-hydrogen) atoms. The molecule has 0 amide bonds. The Morgan fingerprint density at radius 2 is 1.05 bits per heavy atom. The van der Waals surface area contributed by atoms with Crippen LogP contribution in [0.5, 0.6) is 0 Å². The lowest BCUT2D eigenvalue weighted by molar-refractivity contribution is 0.152. The normalized spacial score (nSPS) is 18.8. The number of hydrogen-bond donors (Lipinski definition) is 0. The van der Waals surface area contributed by atoms with Gasteiger partial charge < -0.3 is 0 Å². The molecule has 0 heterocycles. The van der Waals surface area contributed by atoms with Gasteiger partial charge in [-0.1, -0.05) is 160 Å². The molecular formula is C39H68. The molecule has 0 radical (unpaired) electrons. The maximum Gasteiger partial charge on any atom is -0.00443 e. The highest BCUT2D eigenvalue weighted by molar-refractivity contribution is 5.37. The predicted molar refractivity (Wildman–Crippen MR) is 175 cm³/mol. The SMILES string of the molecule is CCCCCCCCCC1(CCc2ccc(C3(CCCCCCCCC)CCCCC3)c(C)c2)CCCCC1. The molecule has 1 aromatic carbocycles. The third-order valence-electron chi connectivity index (χ3n) is 11.1. The van der Waals surface area contributed by atoms with Crippen LogP contribution in [-0.2, 0) is 11.8 Å². The molecule has 2 aliphatic rings. The molecule has 0 atom stereocenters. The van der Waals surface area contributed by atoms with Gasteiger partial charge in [0.15, 0.2) is 0 Å². The van der Waals surface area contributed by atoms with Crippen molar-refractivity contribution < 1.29 is 0 Å². The molecule has 0 unspecified atom stereocenters. The van der Waals surface area contributed by atoms with Gasteiger partial charge in [0, 0.05) is 0 Å². The summed E-state index contributed by atoms with van der Waals surface area (Å²) in [4.78, 5) is 0. The average molecular weight is 537 g/mol. The van der Waals surface area contributed by atoms with Gasteiger partial charge >= 0.3 is 0 Å². The molecule has 1 aromatic rings. The quantitative estimate of drug-likeness (QED) is 0.145. The number of unbranched alkanes of at least 4 members (excludes halogenated alkanes) is 12. The van der Waals surface area contributed by atoms with E-state index >= 15 is 0 Å². The molecular weight excluding hydrogens is 468 g/mol. The van der Waals surface area contributed by atoms with Gasteiger partial charge in [0.2, 0.25) is 0 Å². The second kappa shape index (κ2) is 18.6. The Morgan fingerprint density at radius 3 is 1.62 bits per heavy atom. The molecule has 0 nitrogen and oxygen atoms in total. The Bertz CT molecular complexity index is 745. The Balaban J connectivity index is 1.54. The van der Waals surface area contributed by atoms with Crippen LogP contribution in [-0.4, -0.2) is 0 Å². The highest BCUT2D eigenvalue weighted by Crippen LogP contribution is 2.46. The Hall–Kier alpha value is -0.780. The summed E-state index contributed by atoms with van der Waals surface area (Å²) in [6, 6.07) is 7.80. The van der Waals surface area contributed by atoms with E-state index < -0.39 is 0 Å². The van der Waals surface area contributed by atoms with E-state index in [0.29, 0.717) is 10.8 Å². The molecule has 0 spiro atoms. The fourth-order valence-electron chi connectivity index (χ4n) is 8.57. The first-order chi connectivity index (χ1) is 19.1. The molecule has 2 saturated carbocycles. The summed E-state index contributed by atoms with van der Waals surface area (Å²) in [5.41, 5.74) is 6.10. The number of aryl methyl sites for hydroxylation is 2. The molecule has 3 rings (SSSR count). The topological polar surface area (TPSA) is 0 Å². The summed E-state index contributed by atoms with van der Waals surface area (Å²) < 4.78 is 0. The van der Waals surface area contributed by atoms with Crippen LogP contribution in [0.1, 0.15) is 204 Å². The Morgan fingerprint density at radius 1 is 0.538 bits per heavy atom. The Kier molecular flexibility index (Phi) is 15.6. The van der Waals surface area contributed by atoms with E-state index in [0.717, 1.165) is 0 Å². The molecule has 0 bridgehead atoms. The summed E-state index contributed by atoms with van der Waals surface area (Å²) in [7, 11) is 0. The van der Waals surface area contributed by atoms with Gasteiger partial charge in [0.1, 0.15) is 0 Å². The van der Waals surface area contributed by atoms with Crippen molar-refractivity contribution >= 4 is 0 Å². The fraction of sp³-hybridized carbons (Fsp3) is 0.846. The summed E-state index contributed by atoms with van der Waals surface area (Å²) >= 11 is 0. The van der Waals surface area contributed by atoms with E-state index in [4.69, 9.17) is 0 Å². The maximum atomic E-state index is 2.63. The standard InChI is InChI=1S/C39H68/c1-4-6-8-10-12-14-18-27-38(28-19-16-20-29-38)33-26-36-24-25-37(35(3)34-36)39(31-22-17-23-32-39)30-21-15-13-11-9-7-5-2/h24-25,34H,4-23,26-33H2,1-3H3. The van der Waals surface area contributed by atoms with Crippen LogP contribution in [0.2, 0.25) is 0 Å². The third kappa shape index (κ3) is 11.2. The third-order valence-corrected chi connectivity index (χ3v) is 11.1. The van der Waals surface area contributed by atoms with Crippen LogP contribution >= 0.6 is 0 Å². The summed E-state index contributed by atoms with van der Waals surface area (Å²) in [5, 5.41) is 0. The van der Waals surface area contributed by atoms with Crippen molar-refractivity contribution in [2.45, 2.75) is 206 Å². The van der Waals surface area contributed by atoms with E-state index in [1.165, 1.54) is 180 Å². The Labute approximate surface area is 245 Å². The van der Waals surface area contributed by atoms with Gasteiger partial charge in [0.05, 0.1) is 0 Å². The lowest BCUT2D eigenvalue weighted by atomic mass is 9.65. The predicted octanol–water partition coefficient (Wildman–Crippen LogP) is 13.4. The first-order valence-corrected chi connectivity index (χ1v) is 18.2. The minimum Gasteiger partial charge on any atom is -0.0654 e. The summed E-state index contributed by atoms with van der Waals surface area (Å²) in [6.07, 6.45) is 40.5. The van der Waals surface area contributed by atoms with Crippen LogP contribution < -0.4 is 0 Å². The minimum absolute atomic E-state index is 0.478. The van der Waals surface area contributed by atoms with Gasteiger partial charge in [0.25, 0.3) is 0 Å². The van der Waals surface area contributed by atoms with Crippen molar-refractivity contribution in [1.29, 1.82) is 0 Å². The summed E-state index contributed by atoms with van der Waals surface area (Å²) in [6.45, 7) is 7.10. The minimum atomic E-state index is 0.478. The van der Waals surface area contributed by atoms with E-state index in [1.807, 2.05) is 0 Å². The number of rotatable bonds is 20. The van der Waals surface area contributed by atoms with E-state index in [1.54, 1.807) is 16.7 Å². The molecule has 0 heteroatoms. The lowest BCUT2D eigenvalue weighted by Crippen LogP contribution is -2.30. The summed E-state index contributed by atoms with van der Waals surface area (Å²) in [5.74, 6) is 0. The highest BCUT2D eigenvalue weighted by atomic mass is 14.4. The molecule has 0 saturated heterocycles. The van der Waals surface area contributed by atoms with Crippen molar-refractivity contribution in [1.82, 2.24) is 0 Å². The monoisotopic (exact) mass is 537 g/mol. The number of hydrogen-bond acceptors (Lipinski definition) is 0. The lowest BCUT2D eigenvalue weighted by Gasteiger charge is -2.40. The van der Waals surface area contributed by atoms with Crippen molar-refractivity contribution in [2.24, 2.45) is 5.41 Å². The van der Waals surface area contributed by atoms with Crippen LogP contribution in [0.25, 0.3) is 0 Å². The average Bonchev–Trinajstić information content (AvgIpc) is 2.96. The zero-order valence-corrected chi connectivity index (χ0v) is 27.0. The van der Waals surface area contributed by atoms with Crippen LogP contribution in [0, 0.1) is 12.3 Å². The van der Waals surface area contributed by atoms with Crippen molar-refractivity contribution in [3.63, 3.8) is 0 Å². The van der Waals surface area contributed by atoms with E-state index in [-0.39, 0.29) is 0 Å². The second-order valence-electron chi connectivity index (χ2n) is 14.3. The molecule has 0 aromatic heterocycles. The van der Waals surface area contributed by atoms with Crippen molar-refractivity contribution in [3.8, 4) is 0 Å². The van der Waals surface area contributed by atoms with E-state index in [2.05, 4.69) is 39.0 Å². The molecule has 2 aliphatic carbocycles. The number of benzene rings is 1. The highest BCUT2D eigenvalue weighted by Gasteiger charge is 2.35. The molecule has 0 aliphatic heterocycles. The molecule has 2 fully saturated rings. The van der Waals surface area contributed by atoms with Crippen LogP contribution in [0.3, 0.4) is 0 Å². The first kappa shape index (κ1) is 32.7. The van der Waals surface area contributed by atoms with Gasteiger partial charge in [-0.15, -0.1) is 0 Å². The fourth-order valence-corrected chi connectivity index (χ4v) is 8.57. The largest absolute Gasteiger partial charge is 0.0654 e. The molecule has 224 valence electrons. The van der Waals surface area contributed by atoms with Gasteiger partial charge in [-0.2, -0.15) is 0 Å². The smallest absolute Gasteiger partial charge is 0.00443 e. The zero-order valence-electron chi connectivity index (χ0n) is 27.0. The van der Waals surface area contributed by atoms with Crippen LogP contribution in [0.4, 0.5) is 0 Å².